The molecule has 0 bridgehead atoms. The summed E-state index contributed by atoms with van der Waals surface area (Å²) in [5.74, 6) is -1.38. The Bertz CT molecular complexity index is 1250. The molecule has 1 aliphatic rings. The van der Waals surface area contributed by atoms with Crippen LogP contribution in [0.25, 0.3) is 0 Å². The van der Waals surface area contributed by atoms with E-state index in [4.69, 9.17) is 11.6 Å². The zero-order valence-electron chi connectivity index (χ0n) is 16.9. The lowest BCUT2D eigenvalue weighted by atomic mass is 10.1. The molecule has 0 aliphatic carbocycles. The molecule has 32 heavy (non-hydrogen) atoms. The summed E-state index contributed by atoms with van der Waals surface area (Å²) in [5.41, 5.74) is 2.63. The second kappa shape index (κ2) is 8.56. The number of imide groups is 1. The smallest absolute Gasteiger partial charge is 0.283 e. The van der Waals surface area contributed by atoms with Crippen molar-refractivity contribution in [2.75, 3.05) is 15.5 Å². The van der Waals surface area contributed by atoms with E-state index in [0.717, 1.165) is 10.5 Å². The summed E-state index contributed by atoms with van der Waals surface area (Å²) in [6.07, 6.45) is 0. The first-order valence-electron chi connectivity index (χ1n) is 9.67. The van der Waals surface area contributed by atoms with Crippen LogP contribution in [0.2, 0.25) is 0 Å². The number of hydrogen-bond donors (Lipinski definition) is 3. The van der Waals surface area contributed by atoms with E-state index < -0.39 is 11.8 Å². The molecule has 4 rings (SSSR count). The fraction of sp³-hybridized carbons (Fsp3) is 0.0417. The lowest BCUT2D eigenvalue weighted by Crippen LogP contribution is -2.32. The molecule has 0 spiro atoms. The molecule has 1 aliphatic heterocycles. The number of aryl methyl sites for hydroxylation is 1. The van der Waals surface area contributed by atoms with E-state index in [9.17, 15) is 19.5 Å². The van der Waals surface area contributed by atoms with Gasteiger partial charge >= 0.3 is 0 Å². The van der Waals surface area contributed by atoms with Crippen LogP contribution in [0.1, 0.15) is 15.9 Å². The molecule has 0 saturated carbocycles. The Morgan fingerprint density at radius 1 is 0.875 bits per heavy atom. The number of phenolic OH excluding ortho intramolecular Hbond substituents is 1. The Hall–Kier alpha value is -4.10. The van der Waals surface area contributed by atoms with Gasteiger partial charge in [0.05, 0.1) is 5.69 Å². The third-order valence-corrected chi connectivity index (χ3v) is 5.28. The molecule has 7 nitrogen and oxygen atoms in total. The normalized spacial score (nSPS) is 13.5. The van der Waals surface area contributed by atoms with Gasteiger partial charge in [-0.25, -0.2) is 4.90 Å². The van der Waals surface area contributed by atoms with Crippen molar-refractivity contribution in [3.63, 3.8) is 0 Å². The first-order valence-corrected chi connectivity index (χ1v) is 10.0. The van der Waals surface area contributed by atoms with Crippen LogP contribution in [0.4, 0.5) is 17.1 Å². The number of nitrogens with one attached hydrogen (secondary N) is 2. The third kappa shape index (κ3) is 4.06. The number of anilines is 3. The minimum Gasteiger partial charge on any atom is -0.508 e. The van der Waals surface area contributed by atoms with Gasteiger partial charge in [-0.05, 0) is 67.1 Å². The number of para-hydroxylation sites is 1. The molecule has 0 unspecified atom stereocenters. The molecule has 0 saturated heterocycles. The van der Waals surface area contributed by atoms with Crippen LogP contribution in [-0.2, 0) is 9.59 Å². The summed E-state index contributed by atoms with van der Waals surface area (Å²) in [6, 6.07) is 19.5. The highest BCUT2D eigenvalue weighted by atomic mass is 35.5. The van der Waals surface area contributed by atoms with Gasteiger partial charge in [-0.1, -0.05) is 29.8 Å². The Morgan fingerprint density at radius 3 is 2.16 bits per heavy atom. The topological polar surface area (TPSA) is 98.7 Å². The van der Waals surface area contributed by atoms with E-state index in [1.165, 1.54) is 12.1 Å². The number of hydrogen-bond acceptors (Lipinski definition) is 5. The third-order valence-electron chi connectivity index (χ3n) is 4.93. The highest BCUT2D eigenvalue weighted by Gasteiger charge is 2.39. The summed E-state index contributed by atoms with van der Waals surface area (Å²) in [5, 5.41) is 14.7. The Morgan fingerprint density at radius 2 is 1.50 bits per heavy atom. The van der Waals surface area contributed by atoms with Crippen molar-refractivity contribution >= 4 is 46.4 Å². The molecule has 8 heteroatoms. The van der Waals surface area contributed by atoms with Gasteiger partial charge < -0.3 is 15.7 Å². The van der Waals surface area contributed by atoms with Crippen LogP contribution in [0.15, 0.2) is 83.5 Å². The highest BCUT2D eigenvalue weighted by molar-refractivity contribution is 6.53. The van der Waals surface area contributed by atoms with E-state index in [1.54, 1.807) is 61.5 Å². The van der Waals surface area contributed by atoms with Crippen LogP contribution in [0, 0.1) is 6.92 Å². The zero-order valence-corrected chi connectivity index (χ0v) is 17.7. The summed E-state index contributed by atoms with van der Waals surface area (Å²) < 4.78 is 0. The quantitative estimate of drug-likeness (QED) is 0.398. The van der Waals surface area contributed by atoms with E-state index in [1.807, 2.05) is 6.07 Å². The van der Waals surface area contributed by atoms with E-state index in [0.29, 0.717) is 22.6 Å². The Kier molecular flexibility index (Phi) is 5.66. The van der Waals surface area contributed by atoms with Crippen LogP contribution < -0.4 is 15.5 Å². The van der Waals surface area contributed by atoms with Crippen molar-refractivity contribution in [1.82, 2.24) is 0 Å². The summed E-state index contributed by atoms with van der Waals surface area (Å²) >= 11 is 6.18. The predicted octanol–water partition coefficient (Wildman–Crippen LogP) is 4.39. The highest BCUT2D eigenvalue weighted by Crippen LogP contribution is 2.31. The maximum Gasteiger partial charge on any atom is 0.283 e. The Balaban J connectivity index is 1.49. The molecule has 1 heterocycles. The number of carbonyl (C=O) groups is 3. The SMILES string of the molecule is Cc1ccccc1N1C(=O)C(Cl)=C(Nc2ccc(C(=O)Nc3ccc(O)cc3)cc2)C1=O. The summed E-state index contributed by atoms with van der Waals surface area (Å²) in [6.45, 7) is 1.80. The first kappa shape index (κ1) is 21.1. The number of nitrogens with zero attached hydrogens (tertiary/aromatic N) is 1. The monoisotopic (exact) mass is 447 g/mol. The second-order valence-electron chi connectivity index (χ2n) is 7.12. The van der Waals surface area contributed by atoms with Gasteiger partial charge in [-0.15, -0.1) is 0 Å². The number of halogens is 1. The molecule has 3 amide bonds. The molecule has 0 radical (unpaired) electrons. The maximum atomic E-state index is 12.9. The molecule has 3 aromatic rings. The molecule has 3 aromatic carbocycles. The molecule has 160 valence electrons. The standard InChI is InChI=1S/C24H18ClN3O4/c1-14-4-2-3-5-19(14)28-23(31)20(25)21(24(28)32)26-16-8-6-15(7-9-16)22(30)27-17-10-12-18(29)13-11-17/h2-13,26,29H,1H3,(H,27,30). The number of rotatable bonds is 5. The van der Waals surface area contributed by atoms with Gasteiger partial charge in [0.25, 0.3) is 17.7 Å². The molecule has 0 atom stereocenters. The number of benzene rings is 3. The Labute approximate surface area is 188 Å². The van der Waals surface area contributed by atoms with Crippen molar-refractivity contribution in [1.29, 1.82) is 0 Å². The summed E-state index contributed by atoms with van der Waals surface area (Å²) in [7, 11) is 0. The van der Waals surface area contributed by atoms with Crippen molar-refractivity contribution in [3.05, 3.63) is 94.7 Å². The average Bonchev–Trinajstić information content (AvgIpc) is 2.99. The predicted molar refractivity (Wildman–Crippen MR) is 123 cm³/mol. The zero-order chi connectivity index (χ0) is 22.8. The first-order chi connectivity index (χ1) is 15.3. The van der Waals surface area contributed by atoms with Crippen LogP contribution in [0.5, 0.6) is 5.75 Å². The van der Waals surface area contributed by atoms with E-state index >= 15 is 0 Å². The molecular weight excluding hydrogens is 430 g/mol. The molecule has 3 N–H and O–H groups in total. The summed E-state index contributed by atoms with van der Waals surface area (Å²) in [4.78, 5) is 39.0. The molecule has 0 aromatic heterocycles. The van der Waals surface area contributed by atoms with E-state index in [-0.39, 0.29) is 22.4 Å². The van der Waals surface area contributed by atoms with Crippen LogP contribution in [-0.4, -0.2) is 22.8 Å². The number of carbonyl (C=O) groups excluding carboxylic acids is 3. The lowest BCUT2D eigenvalue weighted by molar-refractivity contribution is -0.120. The maximum absolute atomic E-state index is 12.9. The largest absolute Gasteiger partial charge is 0.508 e. The average molecular weight is 448 g/mol. The molecule has 0 fully saturated rings. The van der Waals surface area contributed by atoms with Gasteiger partial charge in [0, 0.05) is 16.9 Å². The lowest BCUT2D eigenvalue weighted by Gasteiger charge is -2.17. The minimum absolute atomic E-state index is 0.0267. The van der Waals surface area contributed by atoms with Gasteiger partial charge in [0.15, 0.2) is 0 Å². The van der Waals surface area contributed by atoms with E-state index in [2.05, 4.69) is 10.6 Å². The number of aromatic hydroxyl groups is 1. The van der Waals surface area contributed by atoms with Crippen molar-refractivity contribution in [3.8, 4) is 5.75 Å². The van der Waals surface area contributed by atoms with Crippen LogP contribution >= 0.6 is 11.6 Å². The number of amides is 3. The van der Waals surface area contributed by atoms with Gasteiger partial charge in [-0.2, -0.15) is 0 Å². The number of phenols is 1. The van der Waals surface area contributed by atoms with Gasteiger partial charge in [0.1, 0.15) is 16.5 Å². The van der Waals surface area contributed by atoms with Crippen molar-refractivity contribution in [2.24, 2.45) is 0 Å². The molecular formula is C24H18ClN3O4. The minimum atomic E-state index is -0.599. The fourth-order valence-electron chi connectivity index (χ4n) is 3.24. The van der Waals surface area contributed by atoms with Gasteiger partial charge in [-0.3, -0.25) is 14.4 Å². The fourth-order valence-corrected chi connectivity index (χ4v) is 3.45. The van der Waals surface area contributed by atoms with Gasteiger partial charge in [0.2, 0.25) is 0 Å². The second-order valence-corrected chi connectivity index (χ2v) is 7.50. The van der Waals surface area contributed by atoms with Crippen LogP contribution in [0.3, 0.4) is 0 Å². The van der Waals surface area contributed by atoms with Crippen molar-refractivity contribution < 1.29 is 19.5 Å². The van der Waals surface area contributed by atoms with Crippen molar-refractivity contribution in [2.45, 2.75) is 6.92 Å².